The van der Waals surface area contributed by atoms with Gasteiger partial charge in [-0.2, -0.15) is 10.2 Å². The van der Waals surface area contributed by atoms with E-state index < -0.39 is 0 Å². The van der Waals surface area contributed by atoms with Crippen LogP contribution in [0.5, 0.6) is 5.75 Å². The molecule has 0 atom stereocenters. The van der Waals surface area contributed by atoms with Gasteiger partial charge in [-0.15, -0.1) is 0 Å². The molecule has 0 aliphatic rings. The van der Waals surface area contributed by atoms with E-state index in [0.29, 0.717) is 30.0 Å². The third-order valence-corrected chi connectivity index (χ3v) is 5.29. The van der Waals surface area contributed by atoms with Crippen LogP contribution in [-0.2, 0) is 13.6 Å². The Balaban J connectivity index is 1.68. The molecular formula is C23H26N6O2. The second kappa shape index (κ2) is 8.22. The predicted octanol–water partition coefficient (Wildman–Crippen LogP) is 3.20. The Morgan fingerprint density at radius 3 is 2.65 bits per heavy atom. The number of pyridine rings is 1. The van der Waals surface area contributed by atoms with Crippen LogP contribution in [0.15, 0.2) is 36.4 Å². The number of benzene rings is 1. The SMILES string of the molecule is COc1cccc(-c2cc(C(=O)NCCn3nc(C)cc3C)c3c(C)nn(C)c3n2)c1. The molecule has 0 fully saturated rings. The number of nitrogens with one attached hydrogen (secondary N) is 1. The number of amides is 1. The van der Waals surface area contributed by atoms with Crippen LogP contribution in [0.3, 0.4) is 0 Å². The fourth-order valence-corrected chi connectivity index (χ4v) is 3.83. The van der Waals surface area contributed by atoms with E-state index in [1.54, 1.807) is 11.8 Å². The lowest BCUT2D eigenvalue weighted by atomic mass is 10.0. The lowest BCUT2D eigenvalue weighted by molar-refractivity contribution is 0.0953. The van der Waals surface area contributed by atoms with Crippen molar-refractivity contribution in [1.82, 2.24) is 29.9 Å². The van der Waals surface area contributed by atoms with Crippen molar-refractivity contribution in [1.29, 1.82) is 0 Å². The summed E-state index contributed by atoms with van der Waals surface area (Å²) in [7, 11) is 3.46. The highest BCUT2D eigenvalue weighted by atomic mass is 16.5. The number of hydrogen-bond donors (Lipinski definition) is 1. The molecule has 4 rings (SSSR count). The minimum Gasteiger partial charge on any atom is -0.497 e. The van der Waals surface area contributed by atoms with Gasteiger partial charge in [0.2, 0.25) is 0 Å². The predicted molar refractivity (Wildman–Crippen MR) is 119 cm³/mol. The minimum absolute atomic E-state index is 0.158. The molecule has 4 aromatic rings. The summed E-state index contributed by atoms with van der Waals surface area (Å²) < 4.78 is 8.95. The number of aromatic nitrogens is 5. The van der Waals surface area contributed by atoms with Crippen LogP contribution in [0.4, 0.5) is 0 Å². The maximum Gasteiger partial charge on any atom is 0.252 e. The first-order valence-electron chi connectivity index (χ1n) is 10.2. The topological polar surface area (TPSA) is 86.9 Å². The molecule has 0 aliphatic carbocycles. The van der Waals surface area contributed by atoms with Crippen LogP contribution in [0, 0.1) is 20.8 Å². The van der Waals surface area contributed by atoms with Gasteiger partial charge >= 0.3 is 0 Å². The summed E-state index contributed by atoms with van der Waals surface area (Å²) in [4.78, 5) is 18.0. The average Bonchev–Trinajstić information content (AvgIpc) is 3.24. The van der Waals surface area contributed by atoms with Crippen LogP contribution in [-0.4, -0.2) is 44.1 Å². The van der Waals surface area contributed by atoms with E-state index in [-0.39, 0.29) is 5.91 Å². The first-order valence-corrected chi connectivity index (χ1v) is 10.2. The minimum atomic E-state index is -0.158. The van der Waals surface area contributed by atoms with E-state index in [1.807, 2.05) is 68.9 Å². The van der Waals surface area contributed by atoms with Gasteiger partial charge in [0.1, 0.15) is 5.75 Å². The van der Waals surface area contributed by atoms with Crippen molar-refractivity contribution in [2.45, 2.75) is 27.3 Å². The number of ether oxygens (including phenoxy) is 1. The Labute approximate surface area is 180 Å². The zero-order chi connectivity index (χ0) is 22.1. The lowest BCUT2D eigenvalue weighted by Gasteiger charge is -2.11. The number of fused-ring (bicyclic) bond motifs is 1. The highest BCUT2D eigenvalue weighted by molar-refractivity contribution is 6.07. The molecule has 0 saturated carbocycles. The zero-order valence-electron chi connectivity index (χ0n) is 18.4. The highest BCUT2D eigenvalue weighted by Crippen LogP contribution is 2.28. The smallest absolute Gasteiger partial charge is 0.252 e. The largest absolute Gasteiger partial charge is 0.497 e. The summed E-state index contributed by atoms with van der Waals surface area (Å²) >= 11 is 0. The fourth-order valence-electron chi connectivity index (χ4n) is 3.83. The molecule has 0 bridgehead atoms. The van der Waals surface area contributed by atoms with Crippen molar-refractivity contribution >= 4 is 16.9 Å². The zero-order valence-corrected chi connectivity index (χ0v) is 18.4. The summed E-state index contributed by atoms with van der Waals surface area (Å²) in [6.07, 6.45) is 0. The van der Waals surface area contributed by atoms with E-state index in [4.69, 9.17) is 9.72 Å². The van der Waals surface area contributed by atoms with Gasteiger partial charge in [-0.1, -0.05) is 12.1 Å². The maximum atomic E-state index is 13.2. The molecular weight excluding hydrogens is 392 g/mol. The Hall–Kier alpha value is -3.68. The molecule has 8 heteroatoms. The van der Waals surface area contributed by atoms with Crippen molar-refractivity contribution in [2.24, 2.45) is 7.05 Å². The van der Waals surface area contributed by atoms with Gasteiger partial charge in [-0.05, 0) is 45.0 Å². The van der Waals surface area contributed by atoms with E-state index in [9.17, 15) is 4.79 Å². The molecule has 3 heterocycles. The third-order valence-electron chi connectivity index (χ3n) is 5.29. The van der Waals surface area contributed by atoms with Gasteiger partial charge in [-0.25, -0.2) is 4.98 Å². The van der Waals surface area contributed by atoms with Crippen molar-refractivity contribution < 1.29 is 9.53 Å². The number of nitrogens with zero attached hydrogens (tertiary/aromatic N) is 5. The molecule has 1 aromatic carbocycles. The van der Waals surface area contributed by atoms with Crippen molar-refractivity contribution in [3.8, 4) is 17.0 Å². The molecule has 1 amide bonds. The number of rotatable bonds is 6. The van der Waals surface area contributed by atoms with E-state index in [0.717, 1.165) is 33.8 Å². The first-order chi connectivity index (χ1) is 14.9. The summed E-state index contributed by atoms with van der Waals surface area (Å²) in [6, 6.07) is 11.5. The number of carbonyl (C=O) groups is 1. The quantitative estimate of drug-likeness (QED) is 0.520. The van der Waals surface area contributed by atoms with Gasteiger partial charge in [0.25, 0.3) is 5.91 Å². The molecule has 1 N–H and O–H groups in total. The van der Waals surface area contributed by atoms with Crippen LogP contribution in [0.25, 0.3) is 22.3 Å². The molecule has 0 unspecified atom stereocenters. The summed E-state index contributed by atoms with van der Waals surface area (Å²) in [6.45, 7) is 6.93. The van der Waals surface area contributed by atoms with Crippen LogP contribution < -0.4 is 10.1 Å². The Kier molecular flexibility index (Phi) is 5.46. The maximum absolute atomic E-state index is 13.2. The molecule has 0 saturated heterocycles. The molecule has 0 spiro atoms. The monoisotopic (exact) mass is 418 g/mol. The lowest BCUT2D eigenvalue weighted by Crippen LogP contribution is -2.28. The standard InChI is InChI=1S/C23H26N6O2/c1-14-11-15(2)29(26-14)10-9-24-23(30)19-13-20(17-7-6-8-18(12-17)31-5)25-22-21(19)16(3)27-28(22)4/h6-8,11-13H,9-10H2,1-5H3,(H,24,30). The number of carbonyl (C=O) groups excluding carboxylic acids is 1. The van der Waals surface area contributed by atoms with Crippen LogP contribution in [0.1, 0.15) is 27.4 Å². The van der Waals surface area contributed by atoms with Gasteiger partial charge < -0.3 is 10.1 Å². The first kappa shape index (κ1) is 20.6. The Morgan fingerprint density at radius 2 is 1.94 bits per heavy atom. The number of hydrogen-bond acceptors (Lipinski definition) is 5. The fraction of sp³-hybridized carbons (Fsp3) is 0.304. The molecule has 0 radical (unpaired) electrons. The van der Waals surface area contributed by atoms with Crippen LogP contribution >= 0.6 is 0 Å². The van der Waals surface area contributed by atoms with E-state index >= 15 is 0 Å². The Morgan fingerprint density at radius 1 is 1.13 bits per heavy atom. The molecule has 160 valence electrons. The van der Waals surface area contributed by atoms with Crippen molar-refractivity contribution in [3.05, 3.63) is 59.0 Å². The molecule has 8 nitrogen and oxygen atoms in total. The normalized spacial score (nSPS) is 11.1. The summed E-state index contributed by atoms with van der Waals surface area (Å²) in [5.41, 5.74) is 5.60. The molecule has 0 aliphatic heterocycles. The highest BCUT2D eigenvalue weighted by Gasteiger charge is 2.19. The van der Waals surface area contributed by atoms with Crippen molar-refractivity contribution in [3.63, 3.8) is 0 Å². The number of aryl methyl sites for hydroxylation is 4. The van der Waals surface area contributed by atoms with Crippen molar-refractivity contribution in [2.75, 3.05) is 13.7 Å². The van der Waals surface area contributed by atoms with Crippen LogP contribution in [0.2, 0.25) is 0 Å². The summed E-state index contributed by atoms with van der Waals surface area (Å²) in [5, 5.41) is 12.7. The Bertz CT molecular complexity index is 1270. The van der Waals surface area contributed by atoms with Gasteiger partial charge in [0, 0.05) is 24.8 Å². The second-order valence-corrected chi connectivity index (χ2v) is 7.60. The average molecular weight is 419 g/mol. The van der Waals surface area contributed by atoms with Gasteiger partial charge in [0.15, 0.2) is 5.65 Å². The summed E-state index contributed by atoms with van der Waals surface area (Å²) in [5.74, 6) is 0.575. The van der Waals surface area contributed by atoms with E-state index in [1.165, 1.54) is 0 Å². The van der Waals surface area contributed by atoms with Gasteiger partial charge in [0.05, 0.1) is 41.7 Å². The second-order valence-electron chi connectivity index (χ2n) is 7.60. The van der Waals surface area contributed by atoms with Gasteiger partial charge in [-0.3, -0.25) is 14.2 Å². The van der Waals surface area contributed by atoms with E-state index in [2.05, 4.69) is 15.5 Å². The molecule has 31 heavy (non-hydrogen) atoms. The molecule has 3 aromatic heterocycles. The number of methoxy groups -OCH3 is 1. The third kappa shape index (κ3) is 4.01.